The van der Waals surface area contributed by atoms with Crippen molar-refractivity contribution < 1.29 is 14.1 Å². The highest BCUT2D eigenvalue weighted by Gasteiger charge is 2.41. The molecule has 3 heterocycles. The number of aromatic nitrogens is 4. The molecule has 25 heavy (non-hydrogen) atoms. The summed E-state index contributed by atoms with van der Waals surface area (Å²) < 4.78 is 10.4. The lowest BCUT2D eigenvalue weighted by molar-refractivity contribution is 0.0610. The summed E-state index contributed by atoms with van der Waals surface area (Å²) in [7, 11) is 1.68. The first-order chi connectivity index (χ1) is 12.0. The number of amides is 1. The molecule has 2 aromatic rings. The van der Waals surface area contributed by atoms with Crippen molar-refractivity contribution in [3.8, 4) is 0 Å². The summed E-state index contributed by atoms with van der Waals surface area (Å²) in [5, 5.41) is 4.13. The predicted octanol–water partition coefficient (Wildman–Crippen LogP) is 1.69. The van der Waals surface area contributed by atoms with Gasteiger partial charge >= 0.3 is 0 Å². The predicted molar refractivity (Wildman–Crippen MR) is 89.1 cm³/mol. The van der Waals surface area contributed by atoms with E-state index in [4.69, 9.17) is 9.26 Å². The Hall–Kier alpha value is -2.35. The van der Waals surface area contributed by atoms with Gasteiger partial charge in [-0.2, -0.15) is 4.98 Å². The normalized spacial score (nSPS) is 16.8. The lowest BCUT2D eigenvalue weighted by Crippen LogP contribution is -2.46. The van der Waals surface area contributed by atoms with Crippen LogP contribution in [-0.4, -0.2) is 57.7 Å². The van der Waals surface area contributed by atoms with E-state index in [0.29, 0.717) is 37.1 Å². The Labute approximate surface area is 146 Å². The molecule has 0 bridgehead atoms. The standard InChI is InChI=1S/C17H23N5O3/c1-12-10-19-14(11-18-12)15(23)22-7-4-17(5-8-22,6-9-24-3)16-20-13(2)25-21-16/h10-11H,4-9H2,1-3H3. The number of carbonyl (C=O) groups excluding carboxylic acids is 1. The molecule has 3 rings (SSSR count). The fraction of sp³-hybridized carbons (Fsp3) is 0.588. The van der Waals surface area contributed by atoms with Crippen LogP contribution in [0.2, 0.25) is 0 Å². The zero-order valence-electron chi connectivity index (χ0n) is 14.9. The molecule has 8 heteroatoms. The Bertz CT molecular complexity index is 720. The first kappa shape index (κ1) is 17.5. The molecule has 0 radical (unpaired) electrons. The van der Waals surface area contributed by atoms with E-state index in [2.05, 4.69) is 20.1 Å². The number of piperidine rings is 1. The molecule has 0 atom stereocenters. The summed E-state index contributed by atoms with van der Waals surface area (Å²) in [5.74, 6) is 1.18. The van der Waals surface area contributed by atoms with Gasteiger partial charge in [-0.1, -0.05) is 5.16 Å². The number of hydrogen-bond donors (Lipinski definition) is 0. The third-order valence-electron chi connectivity index (χ3n) is 4.79. The maximum Gasteiger partial charge on any atom is 0.274 e. The van der Waals surface area contributed by atoms with Crippen LogP contribution in [0.25, 0.3) is 0 Å². The van der Waals surface area contributed by atoms with Crippen molar-refractivity contribution >= 4 is 5.91 Å². The van der Waals surface area contributed by atoms with Crippen molar-refractivity contribution in [2.45, 2.75) is 38.5 Å². The SMILES string of the molecule is COCCC1(c2noc(C)n2)CCN(C(=O)c2cnc(C)cn2)CC1. The maximum atomic E-state index is 12.6. The highest BCUT2D eigenvalue weighted by atomic mass is 16.5. The summed E-state index contributed by atoms with van der Waals surface area (Å²) in [6.07, 6.45) is 5.48. The van der Waals surface area contributed by atoms with Crippen molar-refractivity contribution in [2.75, 3.05) is 26.8 Å². The van der Waals surface area contributed by atoms with Gasteiger partial charge < -0.3 is 14.2 Å². The van der Waals surface area contributed by atoms with Crippen LogP contribution < -0.4 is 0 Å². The highest BCUT2D eigenvalue weighted by Crippen LogP contribution is 2.37. The number of rotatable bonds is 5. The van der Waals surface area contributed by atoms with Crippen LogP contribution in [0.4, 0.5) is 0 Å². The minimum atomic E-state index is -0.219. The van der Waals surface area contributed by atoms with Crippen LogP contribution in [0.1, 0.15) is 47.2 Å². The number of methoxy groups -OCH3 is 1. The fourth-order valence-electron chi connectivity index (χ4n) is 3.20. The monoisotopic (exact) mass is 345 g/mol. The van der Waals surface area contributed by atoms with Crippen molar-refractivity contribution in [3.05, 3.63) is 35.5 Å². The van der Waals surface area contributed by atoms with Crippen LogP contribution in [0.5, 0.6) is 0 Å². The summed E-state index contributed by atoms with van der Waals surface area (Å²) in [6.45, 7) is 5.48. The molecule has 0 unspecified atom stereocenters. The summed E-state index contributed by atoms with van der Waals surface area (Å²) in [6, 6.07) is 0. The molecule has 0 aliphatic carbocycles. The van der Waals surface area contributed by atoms with E-state index in [1.807, 2.05) is 11.8 Å². The summed E-state index contributed by atoms with van der Waals surface area (Å²) in [5.41, 5.74) is 0.954. The minimum absolute atomic E-state index is 0.0860. The summed E-state index contributed by atoms with van der Waals surface area (Å²) in [4.78, 5) is 27.2. The maximum absolute atomic E-state index is 12.6. The largest absolute Gasteiger partial charge is 0.385 e. The third kappa shape index (κ3) is 3.68. The van der Waals surface area contributed by atoms with Crippen LogP contribution in [0.3, 0.4) is 0 Å². The van der Waals surface area contributed by atoms with Crippen molar-refractivity contribution in [3.63, 3.8) is 0 Å². The first-order valence-corrected chi connectivity index (χ1v) is 8.42. The van der Waals surface area contributed by atoms with Gasteiger partial charge in [-0.05, 0) is 26.2 Å². The molecule has 1 fully saturated rings. The lowest BCUT2D eigenvalue weighted by atomic mass is 9.75. The molecule has 1 aliphatic heterocycles. The quantitative estimate of drug-likeness (QED) is 0.814. The second-order valence-electron chi connectivity index (χ2n) is 6.50. The second kappa shape index (κ2) is 7.26. The van der Waals surface area contributed by atoms with Crippen LogP contribution in [-0.2, 0) is 10.2 Å². The average molecular weight is 345 g/mol. The van der Waals surface area contributed by atoms with E-state index >= 15 is 0 Å². The molecule has 0 spiro atoms. The van der Waals surface area contributed by atoms with E-state index in [1.54, 1.807) is 20.2 Å². The van der Waals surface area contributed by atoms with Gasteiger partial charge in [0, 0.05) is 45.3 Å². The van der Waals surface area contributed by atoms with Crippen molar-refractivity contribution in [1.82, 2.24) is 25.0 Å². The van der Waals surface area contributed by atoms with Crippen LogP contribution in [0, 0.1) is 13.8 Å². The van der Waals surface area contributed by atoms with E-state index in [0.717, 1.165) is 25.0 Å². The number of nitrogens with zero attached hydrogens (tertiary/aromatic N) is 5. The van der Waals surface area contributed by atoms with Gasteiger partial charge in [0.05, 0.1) is 11.9 Å². The molecule has 1 aliphatic rings. The number of ether oxygens (including phenoxy) is 1. The Morgan fingerprint density at radius 2 is 2.04 bits per heavy atom. The summed E-state index contributed by atoms with van der Waals surface area (Å²) >= 11 is 0. The van der Waals surface area contributed by atoms with Gasteiger partial charge in [0.2, 0.25) is 5.89 Å². The van der Waals surface area contributed by atoms with Crippen LogP contribution >= 0.6 is 0 Å². The third-order valence-corrected chi connectivity index (χ3v) is 4.79. The van der Waals surface area contributed by atoms with E-state index in [1.165, 1.54) is 6.20 Å². The van der Waals surface area contributed by atoms with Crippen LogP contribution in [0.15, 0.2) is 16.9 Å². The van der Waals surface area contributed by atoms with Gasteiger partial charge in [-0.3, -0.25) is 9.78 Å². The molecule has 0 saturated carbocycles. The lowest BCUT2D eigenvalue weighted by Gasteiger charge is -2.39. The molecule has 1 saturated heterocycles. The number of aryl methyl sites for hydroxylation is 2. The average Bonchev–Trinajstić information content (AvgIpc) is 3.07. The molecule has 134 valence electrons. The van der Waals surface area contributed by atoms with Gasteiger partial charge in [-0.25, -0.2) is 4.98 Å². The fourth-order valence-corrected chi connectivity index (χ4v) is 3.20. The van der Waals surface area contributed by atoms with Crippen molar-refractivity contribution in [1.29, 1.82) is 0 Å². The van der Waals surface area contributed by atoms with E-state index in [-0.39, 0.29) is 11.3 Å². The molecule has 1 amide bonds. The highest BCUT2D eigenvalue weighted by molar-refractivity contribution is 5.92. The Balaban J connectivity index is 1.73. The zero-order chi connectivity index (χ0) is 17.9. The van der Waals surface area contributed by atoms with Crippen molar-refractivity contribution in [2.24, 2.45) is 0 Å². The Morgan fingerprint density at radius 1 is 1.28 bits per heavy atom. The van der Waals surface area contributed by atoms with Gasteiger partial charge in [0.25, 0.3) is 5.91 Å². The van der Waals surface area contributed by atoms with Gasteiger partial charge in [0.15, 0.2) is 5.82 Å². The van der Waals surface area contributed by atoms with E-state index in [9.17, 15) is 4.79 Å². The molecule has 0 N–H and O–H groups in total. The number of likely N-dealkylation sites (tertiary alicyclic amines) is 1. The Kier molecular flexibility index (Phi) is 5.08. The molecule has 8 nitrogen and oxygen atoms in total. The van der Waals surface area contributed by atoms with Gasteiger partial charge in [-0.15, -0.1) is 0 Å². The molecular weight excluding hydrogens is 322 g/mol. The molecular formula is C17H23N5O3. The second-order valence-corrected chi connectivity index (χ2v) is 6.50. The molecule has 0 aromatic carbocycles. The molecule has 2 aromatic heterocycles. The minimum Gasteiger partial charge on any atom is -0.385 e. The Morgan fingerprint density at radius 3 is 2.60 bits per heavy atom. The smallest absolute Gasteiger partial charge is 0.274 e. The van der Waals surface area contributed by atoms with Gasteiger partial charge in [0.1, 0.15) is 5.69 Å². The van der Waals surface area contributed by atoms with E-state index < -0.39 is 0 Å². The number of carbonyl (C=O) groups is 1. The first-order valence-electron chi connectivity index (χ1n) is 8.42. The number of hydrogen-bond acceptors (Lipinski definition) is 7. The topological polar surface area (TPSA) is 94.2 Å². The zero-order valence-corrected chi connectivity index (χ0v) is 14.9.